The molecule has 0 unspecified atom stereocenters. The molecule has 0 fully saturated rings. The van der Waals surface area contributed by atoms with Crippen molar-refractivity contribution in [2.75, 3.05) is 18.8 Å². The van der Waals surface area contributed by atoms with Gasteiger partial charge in [-0.05, 0) is 6.07 Å². The smallest absolute Gasteiger partial charge is 0.289 e. The van der Waals surface area contributed by atoms with Crippen molar-refractivity contribution in [2.45, 2.75) is 0 Å². The molecule has 0 aromatic heterocycles. The number of fused-ring (bicyclic) bond motifs is 2. The Morgan fingerprint density at radius 3 is 2.00 bits per heavy atom. The predicted molar refractivity (Wildman–Crippen MR) is 86.0 cm³/mol. The highest BCUT2D eigenvalue weighted by Crippen LogP contribution is 2.32. The Bertz CT molecular complexity index is 933. The number of carbonyl (C=O) groups excluding carboxylic acids is 2. The second-order valence-electron chi connectivity index (χ2n) is 5.32. The summed E-state index contributed by atoms with van der Waals surface area (Å²) in [5.41, 5.74) is 0.998. The average molecular weight is 330 g/mol. The number of hydrogen-bond donors (Lipinski definition) is 1. The molecule has 0 heterocycles. The molecule has 0 aliphatic heterocycles. The fourth-order valence-corrected chi connectivity index (χ4v) is 3.09. The fourth-order valence-electron chi connectivity index (χ4n) is 2.46. The Labute approximate surface area is 133 Å². The number of benzene rings is 2. The fraction of sp³-hybridized carbons (Fsp3) is 0.125. The largest absolute Gasteiger partial charge is 0.301 e. The molecule has 2 aromatic rings. The summed E-state index contributed by atoms with van der Waals surface area (Å²) < 4.78 is 27.4. The van der Waals surface area contributed by atoms with Crippen LogP contribution in [0.2, 0.25) is 0 Å². The quantitative estimate of drug-likeness (QED) is 0.792. The highest BCUT2D eigenvalue weighted by atomic mass is 32.2. The standard InChI is InChI=1S/C16H14N2O4S/c1-18(2)23(21,22)17-13-9-5-8-12-14(13)16(20)11-7-4-3-6-10(11)15(12)19/h3-9,17H,1-2H3. The van der Waals surface area contributed by atoms with E-state index >= 15 is 0 Å². The Morgan fingerprint density at radius 1 is 0.826 bits per heavy atom. The average Bonchev–Trinajstić information content (AvgIpc) is 2.52. The number of nitrogens with zero attached hydrogens (tertiary/aromatic N) is 1. The van der Waals surface area contributed by atoms with Crippen LogP contribution in [-0.2, 0) is 10.2 Å². The molecule has 2 aromatic carbocycles. The van der Waals surface area contributed by atoms with Crippen LogP contribution in [0.15, 0.2) is 42.5 Å². The van der Waals surface area contributed by atoms with Crippen molar-refractivity contribution < 1.29 is 18.0 Å². The molecule has 1 N–H and O–H groups in total. The second kappa shape index (κ2) is 5.29. The Morgan fingerprint density at radius 2 is 1.39 bits per heavy atom. The summed E-state index contributed by atoms with van der Waals surface area (Å²) in [6.07, 6.45) is 0. The van der Waals surface area contributed by atoms with Gasteiger partial charge >= 0.3 is 10.2 Å². The molecule has 7 heteroatoms. The number of anilines is 1. The van der Waals surface area contributed by atoms with Crippen molar-refractivity contribution in [3.63, 3.8) is 0 Å². The van der Waals surface area contributed by atoms with Gasteiger partial charge in [-0.3, -0.25) is 14.3 Å². The summed E-state index contributed by atoms with van der Waals surface area (Å²) in [6.45, 7) is 0. The predicted octanol–water partition coefficient (Wildman–Crippen LogP) is 1.68. The van der Waals surface area contributed by atoms with Gasteiger partial charge in [-0.15, -0.1) is 0 Å². The Hall–Kier alpha value is -2.51. The minimum absolute atomic E-state index is 0.0848. The number of hydrogen-bond acceptors (Lipinski definition) is 4. The molecular weight excluding hydrogens is 316 g/mol. The zero-order valence-corrected chi connectivity index (χ0v) is 13.3. The van der Waals surface area contributed by atoms with E-state index in [0.717, 1.165) is 4.31 Å². The number of rotatable bonds is 3. The molecule has 0 amide bonds. The van der Waals surface area contributed by atoms with E-state index in [0.29, 0.717) is 5.56 Å². The van der Waals surface area contributed by atoms with Gasteiger partial charge in [-0.1, -0.05) is 36.4 Å². The lowest BCUT2D eigenvalue weighted by atomic mass is 9.83. The van der Waals surface area contributed by atoms with Crippen LogP contribution in [0.5, 0.6) is 0 Å². The molecule has 6 nitrogen and oxygen atoms in total. The number of ketones is 2. The van der Waals surface area contributed by atoms with Crippen LogP contribution in [-0.4, -0.2) is 38.4 Å². The molecule has 3 rings (SSSR count). The third-order valence-corrected chi connectivity index (χ3v) is 5.11. The van der Waals surface area contributed by atoms with Gasteiger partial charge in [0.15, 0.2) is 11.6 Å². The summed E-state index contributed by atoms with van der Waals surface area (Å²) >= 11 is 0. The summed E-state index contributed by atoms with van der Waals surface area (Å²) in [7, 11) is -1.03. The molecule has 0 saturated heterocycles. The molecule has 23 heavy (non-hydrogen) atoms. The zero-order valence-electron chi connectivity index (χ0n) is 12.5. The first-order valence-corrected chi connectivity index (χ1v) is 8.28. The molecule has 0 radical (unpaired) electrons. The van der Waals surface area contributed by atoms with E-state index in [1.165, 1.54) is 26.2 Å². The molecule has 0 atom stereocenters. The van der Waals surface area contributed by atoms with E-state index in [9.17, 15) is 18.0 Å². The summed E-state index contributed by atoms with van der Waals surface area (Å²) in [6, 6.07) is 11.1. The van der Waals surface area contributed by atoms with Crippen LogP contribution in [0.3, 0.4) is 0 Å². The maximum Gasteiger partial charge on any atom is 0.301 e. The second-order valence-corrected chi connectivity index (χ2v) is 7.21. The molecule has 0 saturated carbocycles. The van der Waals surface area contributed by atoms with Gasteiger partial charge in [0.05, 0.1) is 11.3 Å². The molecule has 1 aliphatic carbocycles. The van der Waals surface area contributed by atoms with Crippen LogP contribution in [0.1, 0.15) is 31.8 Å². The van der Waals surface area contributed by atoms with Crippen LogP contribution in [0.4, 0.5) is 5.69 Å². The van der Waals surface area contributed by atoms with Crippen molar-refractivity contribution in [3.8, 4) is 0 Å². The van der Waals surface area contributed by atoms with Crippen molar-refractivity contribution >= 4 is 27.5 Å². The van der Waals surface area contributed by atoms with Crippen molar-refractivity contribution in [1.29, 1.82) is 0 Å². The van der Waals surface area contributed by atoms with Gasteiger partial charge in [0.25, 0.3) is 0 Å². The van der Waals surface area contributed by atoms with Crippen molar-refractivity contribution in [2.24, 2.45) is 0 Å². The van der Waals surface area contributed by atoms with Crippen LogP contribution in [0.25, 0.3) is 0 Å². The highest BCUT2D eigenvalue weighted by molar-refractivity contribution is 7.90. The molecular formula is C16H14N2O4S. The maximum absolute atomic E-state index is 12.7. The van der Waals surface area contributed by atoms with Gasteiger partial charge < -0.3 is 0 Å². The summed E-state index contributed by atoms with van der Waals surface area (Å²) in [5.74, 6) is -0.659. The van der Waals surface area contributed by atoms with Crippen LogP contribution >= 0.6 is 0 Å². The molecule has 1 aliphatic rings. The molecule has 0 spiro atoms. The monoisotopic (exact) mass is 330 g/mol. The lowest BCUT2D eigenvalue weighted by Crippen LogP contribution is -2.31. The first-order chi connectivity index (χ1) is 10.8. The summed E-state index contributed by atoms with van der Waals surface area (Å²) in [4.78, 5) is 25.3. The van der Waals surface area contributed by atoms with E-state index in [1.807, 2.05) is 0 Å². The number of nitrogens with one attached hydrogen (secondary N) is 1. The van der Waals surface area contributed by atoms with Gasteiger partial charge in [0.2, 0.25) is 0 Å². The first kappa shape index (κ1) is 15.4. The van der Waals surface area contributed by atoms with Gasteiger partial charge in [0, 0.05) is 30.8 Å². The van der Waals surface area contributed by atoms with Gasteiger partial charge in [-0.25, -0.2) is 0 Å². The third kappa shape index (κ3) is 2.43. The van der Waals surface area contributed by atoms with Gasteiger partial charge in [-0.2, -0.15) is 12.7 Å². The first-order valence-electron chi connectivity index (χ1n) is 6.84. The SMILES string of the molecule is CN(C)S(=O)(=O)Nc1cccc2c1C(=O)c1ccccc1C2=O. The van der Waals surface area contributed by atoms with Crippen molar-refractivity contribution in [3.05, 3.63) is 64.7 Å². The summed E-state index contributed by atoms with van der Waals surface area (Å²) in [5, 5.41) is 0. The van der Waals surface area contributed by atoms with Crippen molar-refractivity contribution in [1.82, 2.24) is 4.31 Å². The highest BCUT2D eigenvalue weighted by Gasteiger charge is 2.32. The number of carbonyl (C=O) groups is 2. The maximum atomic E-state index is 12.7. The molecule has 118 valence electrons. The van der Waals surface area contributed by atoms with E-state index in [1.54, 1.807) is 30.3 Å². The Balaban J connectivity index is 2.19. The minimum Gasteiger partial charge on any atom is -0.289 e. The lowest BCUT2D eigenvalue weighted by Gasteiger charge is -2.21. The van der Waals surface area contributed by atoms with E-state index in [-0.39, 0.29) is 33.9 Å². The van der Waals surface area contributed by atoms with E-state index in [2.05, 4.69) is 4.72 Å². The topological polar surface area (TPSA) is 83.6 Å². The van der Waals surface area contributed by atoms with E-state index in [4.69, 9.17) is 0 Å². The Kier molecular flexibility index (Phi) is 3.54. The van der Waals surface area contributed by atoms with E-state index < -0.39 is 10.2 Å². The minimum atomic E-state index is -3.78. The van der Waals surface area contributed by atoms with Crippen LogP contribution in [0, 0.1) is 0 Å². The zero-order chi connectivity index (χ0) is 16.8. The normalized spacial score (nSPS) is 13.7. The van der Waals surface area contributed by atoms with Crippen LogP contribution < -0.4 is 4.72 Å². The lowest BCUT2D eigenvalue weighted by molar-refractivity contribution is 0.0979. The molecule has 0 bridgehead atoms. The third-order valence-electron chi connectivity index (χ3n) is 3.67. The van der Waals surface area contributed by atoms with Gasteiger partial charge in [0.1, 0.15) is 0 Å².